The Hall–Kier alpha value is -2.82. The number of aryl methyl sites for hydroxylation is 1. The fourth-order valence-corrected chi connectivity index (χ4v) is 1.95. The van der Waals surface area contributed by atoms with Crippen LogP contribution >= 0.6 is 0 Å². The van der Waals surface area contributed by atoms with Gasteiger partial charge < -0.3 is 16.0 Å². The molecule has 0 aliphatic carbocycles. The van der Waals surface area contributed by atoms with E-state index in [1.54, 1.807) is 31.2 Å². The first-order valence-corrected chi connectivity index (χ1v) is 7.57. The van der Waals surface area contributed by atoms with Gasteiger partial charge in [0, 0.05) is 23.5 Å². The van der Waals surface area contributed by atoms with Crippen LogP contribution in [0.25, 0.3) is 0 Å². The fourth-order valence-electron chi connectivity index (χ4n) is 1.95. The third-order valence-corrected chi connectivity index (χ3v) is 3.28. The average molecular weight is 311 g/mol. The first kappa shape index (κ1) is 16.5. The van der Waals surface area contributed by atoms with Crippen LogP contribution in [0.1, 0.15) is 18.9 Å². The van der Waals surface area contributed by atoms with E-state index in [2.05, 4.69) is 16.0 Å². The number of carbonyl (C=O) groups excluding carboxylic acids is 2. The Morgan fingerprint density at radius 3 is 1.78 bits per heavy atom. The smallest absolute Gasteiger partial charge is 0.243 e. The quantitative estimate of drug-likeness (QED) is 0.766. The number of rotatable bonds is 6. The highest BCUT2D eigenvalue weighted by atomic mass is 16.2. The van der Waals surface area contributed by atoms with Gasteiger partial charge in [-0.05, 0) is 43.3 Å². The van der Waals surface area contributed by atoms with Crippen molar-refractivity contribution in [3.63, 3.8) is 0 Å². The number of amides is 2. The lowest BCUT2D eigenvalue weighted by atomic mass is 10.2. The molecular formula is C18H21N3O2. The molecule has 3 N–H and O–H groups in total. The lowest BCUT2D eigenvalue weighted by Crippen LogP contribution is -2.21. The van der Waals surface area contributed by atoms with E-state index in [0.29, 0.717) is 17.8 Å². The summed E-state index contributed by atoms with van der Waals surface area (Å²) in [6.07, 6.45) is 0.434. The van der Waals surface area contributed by atoms with Crippen molar-refractivity contribution in [2.75, 3.05) is 22.5 Å². The van der Waals surface area contributed by atoms with E-state index in [4.69, 9.17) is 0 Å². The minimum Gasteiger partial charge on any atom is -0.376 e. The summed E-state index contributed by atoms with van der Waals surface area (Å²) >= 11 is 0. The van der Waals surface area contributed by atoms with E-state index in [-0.39, 0.29) is 18.4 Å². The SMILES string of the molecule is CCC(=O)Nc1ccc(NC(=O)CNc2ccc(C)cc2)cc1. The average Bonchev–Trinajstić information content (AvgIpc) is 2.56. The van der Waals surface area contributed by atoms with Crippen molar-refractivity contribution in [1.29, 1.82) is 0 Å². The minimum absolute atomic E-state index is 0.0379. The molecular weight excluding hydrogens is 290 g/mol. The molecule has 2 rings (SSSR count). The first-order chi connectivity index (χ1) is 11.1. The van der Waals surface area contributed by atoms with Crippen molar-refractivity contribution in [3.05, 3.63) is 54.1 Å². The molecule has 2 amide bonds. The summed E-state index contributed by atoms with van der Waals surface area (Å²) in [4.78, 5) is 23.2. The van der Waals surface area contributed by atoms with Crippen molar-refractivity contribution < 1.29 is 9.59 Å². The minimum atomic E-state index is -0.129. The zero-order chi connectivity index (χ0) is 16.7. The predicted molar refractivity (Wildman–Crippen MR) is 93.7 cm³/mol. The second-order valence-electron chi connectivity index (χ2n) is 5.25. The summed E-state index contributed by atoms with van der Waals surface area (Å²) in [5.41, 5.74) is 3.49. The number of hydrogen-bond donors (Lipinski definition) is 3. The first-order valence-electron chi connectivity index (χ1n) is 7.57. The monoisotopic (exact) mass is 311 g/mol. The number of benzene rings is 2. The van der Waals surface area contributed by atoms with E-state index in [0.717, 1.165) is 5.69 Å². The van der Waals surface area contributed by atoms with Crippen LogP contribution in [0.4, 0.5) is 17.1 Å². The molecule has 0 unspecified atom stereocenters. The number of nitrogens with one attached hydrogen (secondary N) is 3. The summed E-state index contributed by atoms with van der Waals surface area (Å²) in [6, 6.07) is 14.9. The third-order valence-electron chi connectivity index (χ3n) is 3.28. The van der Waals surface area contributed by atoms with Crippen LogP contribution in [-0.4, -0.2) is 18.4 Å². The van der Waals surface area contributed by atoms with Gasteiger partial charge in [-0.15, -0.1) is 0 Å². The van der Waals surface area contributed by atoms with Crippen LogP contribution < -0.4 is 16.0 Å². The number of hydrogen-bond acceptors (Lipinski definition) is 3. The van der Waals surface area contributed by atoms with Gasteiger partial charge in [-0.2, -0.15) is 0 Å². The van der Waals surface area contributed by atoms with Crippen LogP contribution in [0.2, 0.25) is 0 Å². The van der Waals surface area contributed by atoms with E-state index >= 15 is 0 Å². The molecule has 0 aliphatic rings. The fraction of sp³-hybridized carbons (Fsp3) is 0.222. The Balaban J connectivity index is 1.82. The van der Waals surface area contributed by atoms with Crippen molar-refractivity contribution in [1.82, 2.24) is 0 Å². The van der Waals surface area contributed by atoms with Crippen molar-refractivity contribution in [3.8, 4) is 0 Å². The van der Waals surface area contributed by atoms with Gasteiger partial charge in [0.15, 0.2) is 0 Å². The van der Waals surface area contributed by atoms with Gasteiger partial charge in [-0.1, -0.05) is 24.6 Å². The van der Waals surface area contributed by atoms with Gasteiger partial charge in [0.25, 0.3) is 0 Å². The second-order valence-corrected chi connectivity index (χ2v) is 5.25. The molecule has 120 valence electrons. The molecule has 5 nitrogen and oxygen atoms in total. The molecule has 0 radical (unpaired) electrons. The van der Waals surface area contributed by atoms with Gasteiger partial charge in [0.2, 0.25) is 11.8 Å². The second kappa shape index (κ2) is 7.98. The van der Waals surface area contributed by atoms with Crippen molar-refractivity contribution in [2.45, 2.75) is 20.3 Å². The molecule has 0 bridgehead atoms. The molecule has 0 aromatic heterocycles. The summed E-state index contributed by atoms with van der Waals surface area (Å²) < 4.78 is 0. The highest BCUT2D eigenvalue weighted by Crippen LogP contribution is 2.14. The van der Waals surface area contributed by atoms with Crippen LogP contribution in [0.5, 0.6) is 0 Å². The highest BCUT2D eigenvalue weighted by molar-refractivity contribution is 5.94. The number of anilines is 3. The zero-order valence-electron chi connectivity index (χ0n) is 13.3. The predicted octanol–water partition coefficient (Wildman–Crippen LogP) is 3.39. The van der Waals surface area contributed by atoms with Crippen LogP contribution in [-0.2, 0) is 9.59 Å². The molecule has 2 aromatic rings. The Labute approximate surface area is 136 Å². The Kier molecular flexibility index (Phi) is 5.74. The molecule has 0 aliphatic heterocycles. The molecule has 0 atom stereocenters. The van der Waals surface area contributed by atoms with Crippen LogP contribution in [0.3, 0.4) is 0 Å². The normalized spacial score (nSPS) is 10.0. The third kappa shape index (κ3) is 5.47. The molecule has 0 saturated carbocycles. The van der Waals surface area contributed by atoms with Crippen LogP contribution in [0.15, 0.2) is 48.5 Å². The van der Waals surface area contributed by atoms with E-state index in [1.165, 1.54) is 5.56 Å². The van der Waals surface area contributed by atoms with E-state index < -0.39 is 0 Å². The van der Waals surface area contributed by atoms with Gasteiger partial charge >= 0.3 is 0 Å². The molecule has 0 spiro atoms. The van der Waals surface area contributed by atoms with Crippen LogP contribution in [0, 0.1) is 6.92 Å². The Morgan fingerprint density at radius 2 is 1.26 bits per heavy atom. The summed E-state index contributed by atoms with van der Waals surface area (Å²) in [5.74, 6) is -0.167. The maximum Gasteiger partial charge on any atom is 0.243 e. The van der Waals surface area contributed by atoms with Gasteiger partial charge in [0.05, 0.1) is 6.54 Å². The molecule has 0 fully saturated rings. The molecule has 2 aromatic carbocycles. The summed E-state index contributed by atoms with van der Waals surface area (Å²) in [6.45, 7) is 4.01. The van der Waals surface area contributed by atoms with E-state index in [1.807, 2.05) is 31.2 Å². The summed E-state index contributed by atoms with van der Waals surface area (Å²) in [5, 5.41) is 8.63. The van der Waals surface area contributed by atoms with Crippen molar-refractivity contribution >= 4 is 28.9 Å². The molecule has 0 heterocycles. The van der Waals surface area contributed by atoms with E-state index in [9.17, 15) is 9.59 Å². The standard InChI is InChI=1S/C18H21N3O2/c1-3-17(22)20-15-8-10-16(11-9-15)21-18(23)12-19-14-6-4-13(2)5-7-14/h4-11,19H,3,12H2,1-2H3,(H,20,22)(H,21,23). The van der Waals surface area contributed by atoms with Gasteiger partial charge in [-0.3, -0.25) is 9.59 Å². The molecule has 23 heavy (non-hydrogen) atoms. The zero-order valence-corrected chi connectivity index (χ0v) is 13.3. The highest BCUT2D eigenvalue weighted by Gasteiger charge is 2.03. The lowest BCUT2D eigenvalue weighted by molar-refractivity contribution is -0.116. The maximum absolute atomic E-state index is 11.9. The van der Waals surface area contributed by atoms with Gasteiger partial charge in [0.1, 0.15) is 0 Å². The topological polar surface area (TPSA) is 70.2 Å². The Morgan fingerprint density at radius 1 is 0.783 bits per heavy atom. The maximum atomic E-state index is 11.9. The number of carbonyl (C=O) groups is 2. The van der Waals surface area contributed by atoms with Gasteiger partial charge in [-0.25, -0.2) is 0 Å². The lowest BCUT2D eigenvalue weighted by Gasteiger charge is -2.09. The Bertz CT molecular complexity index is 664. The van der Waals surface area contributed by atoms with Crippen molar-refractivity contribution in [2.24, 2.45) is 0 Å². The summed E-state index contributed by atoms with van der Waals surface area (Å²) in [7, 11) is 0. The largest absolute Gasteiger partial charge is 0.376 e. The molecule has 0 saturated heterocycles. The molecule has 5 heteroatoms.